The van der Waals surface area contributed by atoms with Crippen molar-refractivity contribution in [2.45, 2.75) is 38.4 Å². The maximum atomic E-state index is 12.8. The number of hydrogen-bond acceptors (Lipinski definition) is 2. The molecule has 1 aliphatic heterocycles. The van der Waals surface area contributed by atoms with Gasteiger partial charge in [0.15, 0.2) is 0 Å². The smallest absolute Gasteiger partial charge is 0.341 e. The summed E-state index contributed by atoms with van der Waals surface area (Å²) < 4.78 is 38.3. The van der Waals surface area contributed by atoms with E-state index in [1.54, 1.807) is 12.1 Å². The molecule has 1 fully saturated rings. The first-order valence-corrected chi connectivity index (χ1v) is 10.1. The summed E-state index contributed by atoms with van der Waals surface area (Å²) in [6.45, 7) is 4.93. The molecule has 1 saturated heterocycles. The Hall–Kier alpha value is -2.34. The van der Waals surface area contributed by atoms with Crippen LogP contribution in [0.2, 0.25) is 0 Å². The zero-order chi connectivity index (χ0) is 20.9. The molecule has 6 heteroatoms. The number of aryl methyl sites for hydroxylation is 1. The molecule has 2 aromatic rings. The van der Waals surface area contributed by atoms with Gasteiger partial charge in [-0.05, 0) is 43.0 Å². The quantitative estimate of drug-likeness (QED) is 0.705. The molecular formula is C23H27F3N2O. The third-order valence-corrected chi connectivity index (χ3v) is 5.62. The van der Waals surface area contributed by atoms with Crippen molar-refractivity contribution >= 4 is 5.91 Å². The molecule has 1 amide bonds. The summed E-state index contributed by atoms with van der Waals surface area (Å²) in [6.07, 6.45) is -2.21. The number of halogens is 3. The van der Waals surface area contributed by atoms with Crippen molar-refractivity contribution in [2.75, 3.05) is 26.2 Å². The van der Waals surface area contributed by atoms with Gasteiger partial charge in [-0.25, -0.2) is 0 Å². The number of amides is 1. The minimum Gasteiger partial charge on any atom is -0.341 e. The van der Waals surface area contributed by atoms with Crippen LogP contribution < -0.4 is 0 Å². The Morgan fingerprint density at radius 1 is 0.966 bits per heavy atom. The van der Waals surface area contributed by atoms with Crippen LogP contribution in [0.1, 0.15) is 42.5 Å². The second-order valence-electron chi connectivity index (χ2n) is 7.55. The molecule has 0 bridgehead atoms. The van der Waals surface area contributed by atoms with Gasteiger partial charge in [-0.3, -0.25) is 9.69 Å². The van der Waals surface area contributed by atoms with Crippen molar-refractivity contribution in [2.24, 2.45) is 0 Å². The van der Waals surface area contributed by atoms with Crippen molar-refractivity contribution in [3.63, 3.8) is 0 Å². The van der Waals surface area contributed by atoms with Crippen LogP contribution in [-0.2, 0) is 17.4 Å². The summed E-state index contributed by atoms with van der Waals surface area (Å²) in [4.78, 5) is 16.8. The predicted octanol–water partition coefficient (Wildman–Crippen LogP) is 4.93. The molecule has 0 spiro atoms. The first kappa shape index (κ1) is 21.4. The number of rotatable bonds is 5. The third-order valence-electron chi connectivity index (χ3n) is 5.62. The lowest BCUT2D eigenvalue weighted by atomic mass is 10.0. The summed E-state index contributed by atoms with van der Waals surface area (Å²) >= 11 is 0. The van der Waals surface area contributed by atoms with Gasteiger partial charge in [0.25, 0.3) is 0 Å². The van der Waals surface area contributed by atoms with E-state index in [-0.39, 0.29) is 11.9 Å². The average Bonchev–Trinajstić information content (AvgIpc) is 2.98. The van der Waals surface area contributed by atoms with E-state index in [0.717, 1.165) is 55.7 Å². The van der Waals surface area contributed by atoms with Crippen LogP contribution in [0, 0.1) is 0 Å². The summed E-state index contributed by atoms with van der Waals surface area (Å²) in [5, 5.41) is 0. The molecule has 29 heavy (non-hydrogen) atoms. The molecule has 0 aliphatic carbocycles. The Morgan fingerprint density at radius 2 is 1.66 bits per heavy atom. The van der Waals surface area contributed by atoms with Gasteiger partial charge < -0.3 is 4.90 Å². The number of nitrogens with zero attached hydrogens (tertiary/aromatic N) is 2. The topological polar surface area (TPSA) is 23.6 Å². The molecule has 1 aliphatic rings. The van der Waals surface area contributed by atoms with E-state index in [1.165, 1.54) is 0 Å². The molecule has 1 heterocycles. The maximum Gasteiger partial charge on any atom is 0.416 e. The van der Waals surface area contributed by atoms with Crippen molar-refractivity contribution in [1.29, 1.82) is 0 Å². The fourth-order valence-electron chi connectivity index (χ4n) is 3.79. The number of carbonyl (C=O) groups is 1. The van der Waals surface area contributed by atoms with E-state index in [0.29, 0.717) is 13.0 Å². The van der Waals surface area contributed by atoms with Crippen LogP contribution in [0.5, 0.6) is 0 Å². The Morgan fingerprint density at radius 3 is 2.31 bits per heavy atom. The first-order chi connectivity index (χ1) is 13.8. The van der Waals surface area contributed by atoms with Gasteiger partial charge in [-0.2, -0.15) is 13.2 Å². The van der Waals surface area contributed by atoms with E-state index >= 15 is 0 Å². The van der Waals surface area contributed by atoms with Gasteiger partial charge in [-0.15, -0.1) is 0 Å². The zero-order valence-corrected chi connectivity index (χ0v) is 16.7. The lowest BCUT2D eigenvalue weighted by Crippen LogP contribution is -2.36. The van der Waals surface area contributed by atoms with Gasteiger partial charge in [-0.1, -0.05) is 42.5 Å². The summed E-state index contributed by atoms with van der Waals surface area (Å²) in [5.74, 6) is 0.165. The molecule has 3 nitrogen and oxygen atoms in total. The Balaban J connectivity index is 1.54. The summed E-state index contributed by atoms with van der Waals surface area (Å²) in [7, 11) is 0. The molecule has 1 atom stereocenters. The van der Waals surface area contributed by atoms with Gasteiger partial charge in [0.2, 0.25) is 5.91 Å². The Bertz CT molecular complexity index is 790. The van der Waals surface area contributed by atoms with Gasteiger partial charge in [0.05, 0.1) is 5.56 Å². The van der Waals surface area contributed by atoms with Crippen molar-refractivity contribution < 1.29 is 18.0 Å². The van der Waals surface area contributed by atoms with E-state index in [1.807, 2.05) is 42.2 Å². The van der Waals surface area contributed by atoms with E-state index in [4.69, 9.17) is 0 Å². The fourth-order valence-corrected chi connectivity index (χ4v) is 3.79. The highest BCUT2D eigenvalue weighted by molar-refractivity contribution is 5.76. The minimum absolute atomic E-state index is 0.0108. The second kappa shape index (κ2) is 9.44. The number of hydrogen-bond donors (Lipinski definition) is 0. The molecular weight excluding hydrogens is 377 g/mol. The Labute approximate surface area is 170 Å². The number of alkyl halides is 3. The molecule has 3 rings (SSSR count). The van der Waals surface area contributed by atoms with Crippen LogP contribution in [0.3, 0.4) is 0 Å². The fraction of sp³-hybridized carbons (Fsp3) is 0.435. The second-order valence-corrected chi connectivity index (χ2v) is 7.55. The number of carbonyl (C=O) groups excluding carboxylic acids is 1. The lowest BCUT2D eigenvalue weighted by molar-refractivity contribution is -0.137. The average molecular weight is 404 g/mol. The van der Waals surface area contributed by atoms with Gasteiger partial charge in [0, 0.05) is 38.6 Å². The van der Waals surface area contributed by atoms with Gasteiger partial charge >= 0.3 is 6.18 Å². The first-order valence-electron chi connectivity index (χ1n) is 10.1. The largest absolute Gasteiger partial charge is 0.416 e. The molecule has 0 radical (unpaired) electrons. The normalized spacial score (nSPS) is 17.0. The van der Waals surface area contributed by atoms with E-state index in [2.05, 4.69) is 4.90 Å². The van der Waals surface area contributed by atoms with E-state index in [9.17, 15) is 18.0 Å². The zero-order valence-electron chi connectivity index (χ0n) is 16.7. The minimum atomic E-state index is -4.31. The predicted molar refractivity (Wildman–Crippen MR) is 107 cm³/mol. The lowest BCUT2D eigenvalue weighted by Gasteiger charge is -2.28. The van der Waals surface area contributed by atoms with Gasteiger partial charge in [0.1, 0.15) is 0 Å². The molecule has 0 aromatic heterocycles. The van der Waals surface area contributed by atoms with Crippen LogP contribution in [0.25, 0.3) is 0 Å². The Kier molecular flexibility index (Phi) is 6.96. The van der Waals surface area contributed by atoms with Crippen LogP contribution in [0.4, 0.5) is 13.2 Å². The highest BCUT2D eigenvalue weighted by atomic mass is 19.4. The molecule has 2 aromatic carbocycles. The monoisotopic (exact) mass is 404 g/mol. The van der Waals surface area contributed by atoms with Crippen molar-refractivity contribution in [1.82, 2.24) is 9.80 Å². The SMILES string of the molecule is CC(c1ccc(C(F)(F)F)cc1)N1CCCN(C(=O)CCc2ccccc2)CC1. The molecule has 156 valence electrons. The summed E-state index contributed by atoms with van der Waals surface area (Å²) in [5.41, 5.74) is 1.40. The third kappa shape index (κ3) is 5.82. The van der Waals surface area contributed by atoms with Crippen LogP contribution >= 0.6 is 0 Å². The highest BCUT2D eigenvalue weighted by Crippen LogP contribution is 2.31. The standard InChI is InChI=1S/C23H27F3N2O/c1-18(20-9-11-21(12-10-20)23(24,25)26)27-14-5-15-28(17-16-27)22(29)13-8-19-6-3-2-4-7-19/h2-4,6-7,9-12,18H,5,8,13-17H2,1H3. The maximum absolute atomic E-state index is 12.8. The van der Waals surface area contributed by atoms with E-state index < -0.39 is 11.7 Å². The highest BCUT2D eigenvalue weighted by Gasteiger charge is 2.30. The van der Waals surface area contributed by atoms with Crippen LogP contribution in [0.15, 0.2) is 54.6 Å². The summed E-state index contributed by atoms with van der Waals surface area (Å²) in [6, 6.07) is 15.4. The van der Waals surface area contributed by atoms with Crippen molar-refractivity contribution in [3.05, 3.63) is 71.3 Å². The molecule has 0 N–H and O–H groups in total. The molecule has 1 unspecified atom stereocenters. The van der Waals surface area contributed by atoms with Crippen molar-refractivity contribution in [3.8, 4) is 0 Å². The number of benzene rings is 2. The van der Waals surface area contributed by atoms with Crippen LogP contribution in [-0.4, -0.2) is 41.9 Å². The molecule has 0 saturated carbocycles.